The molecule has 13 heteroatoms. The van der Waals surface area contributed by atoms with E-state index < -0.39 is 25.9 Å². The van der Waals surface area contributed by atoms with Crippen molar-refractivity contribution in [2.75, 3.05) is 42.0 Å². The van der Waals surface area contributed by atoms with Crippen LogP contribution in [0.4, 0.5) is 15.8 Å². The number of carbonyl (C=O) groups excluding carboxylic acids is 1. The van der Waals surface area contributed by atoms with Crippen molar-refractivity contribution in [3.63, 3.8) is 0 Å². The predicted molar refractivity (Wildman–Crippen MR) is 139 cm³/mol. The molecule has 0 atom stereocenters. The third kappa shape index (κ3) is 6.42. The zero-order valence-corrected chi connectivity index (χ0v) is 22.1. The second-order valence-corrected chi connectivity index (χ2v) is 12.2. The molecule has 3 aromatic carbocycles. The van der Waals surface area contributed by atoms with Crippen molar-refractivity contribution >= 4 is 49.1 Å². The summed E-state index contributed by atoms with van der Waals surface area (Å²) in [4.78, 5) is 15.1. The fraction of sp³-hybridized carbons (Fsp3) is 0.208. The Morgan fingerprint density at radius 2 is 1.35 bits per heavy atom. The highest BCUT2D eigenvalue weighted by Gasteiger charge is 2.24. The summed E-state index contributed by atoms with van der Waals surface area (Å²) in [6, 6.07) is 14.3. The van der Waals surface area contributed by atoms with Gasteiger partial charge in [0.25, 0.3) is 26.0 Å². The number of nitrogens with zero attached hydrogens (tertiary/aromatic N) is 1. The first-order valence-electron chi connectivity index (χ1n) is 11.1. The van der Waals surface area contributed by atoms with Crippen molar-refractivity contribution in [1.82, 2.24) is 4.90 Å². The molecule has 0 saturated carbocycles. The number of carbonyl (C=O) groups is 1. The van der Waals surface area contributed by atoms with Gasteiger partial charge in [-0.1, -0.05) is 0 Å². The number of halogens is 1. The third-order valence-electron chi connectivity index (χ3n) is 5.52. The van der Waals surface area contributed by atoms with Gasteiger partial charge in [-0.2, -0.15) is 0 Å². The van der Waals surface area contributed by atoms with Gasteiger partial charge in [-0.15, -0.1) is 11.8 Å². The Bertz CT molecular complexity index is 1490. The molecule has 0 spiro atoms. The van der Waals surface area contributed by atoms with E-state index in [1.54, 1.807) is 17.2 Å². The van der Waals surface area contributed by atoms with Gasteiger partial charge in [-0.3, -0.25) is 14.2 Å². The number of morpholine rings is 1. The quantitative estimate of drug-likeness (QED) is 0.400. The zero-order chi connectivity index (χ0) is 26.6. The number of hydrogen-bond donors (Lipinski definition) is 2. The molecule has 1 aliphatic heterocycles. The van der Waals surface area contributed by atoms with E-state index in [-0.39, 0.29) is 32.6 Å². The van der Waals surface area contributed by atoms with Crippen LogP contribution >= 0.6 is 11.8 Å². The van der Waals surface area contributed by atoms with E-state index in [0.717, 1.165) is 12.1 Å². The molecule has 1 fully saturated rings. The van der Waals surface area contributed by atoms with E-state index >= 15 is 0 Å². The lowest BCUT2D eigenvalue weighted by atomic mass is 10.2. The predicted octanol–water partition coefficient (Wildman–Crippen LogP) is 3.62. The largest absolute Gasteiger partial charge is 0.378 e. The number of amides is 1. The highest BCUT2D eigenvalue weighted by molar-refractivity contribution is 7.98. The van der Waals surface area contributed by atoms with E-state index in [2.05, 4.69) is 9.44 Å². The molecule has 1 heterocycles. The number of ether oxygens (including phenoxy) is 1. The van der Waals surface area contributed by atoms with Crippen molar-refractivity contribution in [3.05, 3.63) is 78.1 Å². The maximum absolute atomic E-state index is 13.1. The Labute approximate surface area is 219 Å². The number of nitrogens with one attached hydrogen (secondary N) is 2. The van der Waals surface area contributed by atoms with E-state index in [0.29, 0.717) is 31.2 Å². The number of thioether (sulfide) groups is 1. The molecule has 4 rings (SSSR count). The van der Waals surface area contributed by atoms with Gasteiger partial charge < -0.3 is 9.64 Å². The summed E-state index contributed by atoms with van der Waals surface area (Å²) in [6.45, 7) is 1.69. The standard InChI is InChI=1S/C24H24FN3O6S3/c1-35-23-11-10-21(16-22(23)24(29)28-12-14-34-15-13-28)37(32,33)27-19-6-8-20(9-7-19)36(30,31)26-18-4-2-17(25)3-5-18/h2-11,16,26-27H,12-15H2,1H3. The van der Waals surface area contributed by atoms with Crippen LogP contribution in [0.3, 0.4) is 0 Å². The molecule has 37 heavy (non-hydrogen) atoms. The smallest absolute Gasteiger partial charge is 0.261 e. The molecule has 1 amide bonds. The monoisotopic (exact) mass is 565 g/mol. The minimum atomic E-state index is -4.08. The molecule has 1 saturated heterocycles. The van der Waals surface area contributed by atoms with Crippen molar-refractivity contribution in [3.8, 4) is 0 Å². The summed E-state index contributed by atoms with van der Waals surface area (Å²) in [5.41, 5.74) is 0.601. The van der Waals surface area contributed by atoms with Crippen LogP contribution in [0, 0.1) is 5.82 Å². The summed E-state index contributed by atoms with van der Waals surface area (Å²) in [6.07, 6.45) is 1.80. The molecule has 9 nitrogen and oxygen atoms in total. The number of anilines is 2. The lowest BCUT2D eigenvalue weighted by Crippen LogP contribution is -2.40. The van der Waals surface area contributed by atoms with E-state index in [9.17, 15) is 26.0 Å². The molecule has 0 aliphatic carbocycles. The number of sulfonamides is 2. The van der Waals surface area contributed by atoms with Crippen LogP contribution in [0.1, 0.15) is 10.4 Å². The van der Waals surface area contributed by atoms with E-state index in [4.69, 9.17) is 4.74 Å². The summed E-state index contributed by atoms with van der Waals surface area (Å²) in [7, 11) is -8.06. The Morgan fingerprint density at radius 3 is 1.92 bits per heavy atom. The minimum Gasteiger partial charge on any atom is -0.378 e. The molecule has 2 N–H and O–H groups in total. The van der Waals surface area contributed by atoms with Crippen LogP contribution in [-0.4, -0.2) is 60.2 Å². The second-order valence-electron chi connectivity index (χ2n) is 8.01. The minimum absolute atomic E-state index is 0.100. The first kappa shape index (κ1) is 26.9. The Kier molecular flexibility index (Phi) is 8.07. The summed E-state index contributed by atoms with van der Waals surface area (Å²) < 4.78 is 74.5. The van der Waals surface area contributed by atoms with E-state index in [1.807, 2.05) is 0 Å². The van der Waals surface area contributed by atoms with E-state index in [1.165, 1.54) is 60.3 Å². The number of benzene rings is 3. The molecule has 196 valence electrons. The average Bonchev–Trinajstić information content (AvgIpc) is 2.89. The second kappa shape index (κ2) is 11.1. The highest BCUT2D eigenvalue weighted by Crippen LogP contribution is 2.27. The maximum atomic E-state index is 13.1. The SMILES string of the molecule is CSc1ccc(S(=O)(=O)Nc2ccc(S(=O)(=O)Nc3ccc(F)cc3)cc2)cc1C(=O)N1CCOCC1. The first-order valence-corrected chi connectivity index (χ1v) is 15.2. The molecule has 3 aromatic rings. The molecule has 0 radical (unpaired) electrons. The summed E-state index contributed by atoms with van der Waals surface area (Å²) in [5.74, 6) is -0.770. The summed E-state index contributed by atoms with van der Waals surface area (Å²) in [5, 5.41) is 0. The van der Waals surface area contributed by atoms with Gasteiger partial charge in [0, 0.05) is 29.4 Å². The fourth-order valence-electron chi connectivity index (χ4n) is 3.61. The molecule has 1 aliphatic rings. The lowest BCUT2D eigenvalue weighted by molar-refractivity contribution is 0.0300. The van der Waals surface area contributed by atoms with Gasteiger partial charge >= 0.3 is 0 Å². The van der Waals surface area contributed by atoms with Gasteiger partial charge in [0.15, 0.2) is 0 Å². The van der Waals surface area contributed by atoms with Crippen molar-refractivity contribution < 1.29 is 30.8 Å². The van der Waals surface area contributed by atoms with Gasteiger partial charge in [-0.25, -0.2) is 21.2 Å². The van der Waals surface area contributed by atoms with Crippen LogP contribution in [0.15, 0.2) is 81.4 Å². The number of rotatable bonds is 8. The van der Waals surface area contributed by atoms with Crippen LogP contribution in [0.2, 0.25) is 0 Å². The Hall–Kier alpha value is -3.13. The zero-order valence-electron chi connectivity index (χ0n) is 19.7. The average molecular weight is 566 g/mol. The molecule has 0 bridgehead atoms. The Balaban J connectivity index is 1.53. The molecular formula is C24H24FN3O6S3. The number of hydrogen-bond acceptors (Lipinski definition) is 7. The van der Waals surface area contributed by atoms with Crippen LogP contribution in [-0.2, 0) is 24.8 Å². The molecule has 0 aromatic heterocycles. The highest BCUT2D eigenvalue weighted by atomic mass is 32.2. The molecular weight excluding hydrogens is 541 g/mol. The van der Waals surface area contributed by atoms with Crippen molar-refractivity contribution in [2.45, 2.75) is 14.7 Å². The maximum Gasteiger partial charge on any atom is 0.261 e. The normalized spacial score (nSPS) is 14.3. The van der Waals surface area contributed by atoms with Gasteiger partial charge in [-0.05, 0) is 73.0 Å². The van der Waals surface area contributed by atoms with Gasteiger partial charge in [0.1, 0.15) is 5.82 Å². The van der Waals surface area contributed by atoms with Crippen molar-refractivity contribution in [2.24, 2.45) is 0 Å². The Morgan fingerprint density at radius 1 is 0.838 bits per heavy atom. The third-order valence-corrected chi connectivity index (χ3v) is 9.10. The topological polar surface area (TPSA) is 122 Å². The first-order chi connectivity index (χ1) is 17.6. The van der Waals surface area contributed by atoms with Crippen LogP contribution in [0.25, 0.3) is 0 Å². The van der Waals surface area contributed by atoms with Gasteiger partial charge in [0.2, 0.25) is 0 Å². The van der Waals surface area contributed by atoms with Gasteiger partial charge in [0.05, 0.1) is 28.6 Å². The van der Waals surface area contributed by atoms with Crippen LogP contribution < -0.4 is 9.44 Å². The lowest BCUT2D eigenvalue weighted by Gasteiger charge is -2.27. The summed E-state index contributed by atoms with van der Waals surface area (Å²) >= 11 is 1.34. The van der Waals surface area contributed by atoms with Crippen LogP contribution in [0.5, 0.6) is 0 Å². The van der Waals surface area contributed by atoms with Crippen molar-refractivity contribution in [1.29, 1.82) is 0 Å². The molecule has 0 unspecified atom stereocenters. The fourth-order valence-corrected chi connectivity index (χ4v) is 6.32.